The van der Waals surface area contributed by atoms with Crippen LogP contribution < -0.4 is 5.32 Å². The summed E-state index contributed by atoms with van der Waals surface area (Å²) in [4.78, 5) is 1.38. The maximum absolute atomic E-state index is 10.7. The molecule has 2 N–H and O–H groups in total. The molecular weight excluding hydrogens is 254 g/mol. The van der Waals surface area contributed by atoms with E-state index < -0.39 is 0 Å². The molecule has 3 rings (SSSR count). The van der Waals surface area contributed by atoms with Crippen molar-refractivity contribution in [3.05, 3.63) is 29.3 Å². The van der Waals surface area contributed by atoms with E-state index in [9.17, 15) is 5.11 Å². The van der Waals surface area contributed by atoms with E-state index in [2.05, 4.69) is 30.4 Å². The van der Waals surface area contributed by atoms with Gasteiger partial charge in [0.1, 0.15) is 0 Å². The third-order valence-corrected chi connectivity index (χ3v) is 5.60. The van der Waals surface area contributed by atoms with Crippen molar-refractivity contribution in [3.63, 3.8) is 0 Å². The summed E-state index contributed by atoms with van der Waals surface area (Å²) >= 11 is 1.92. The number of thioether (sulfide) groups is 1. The predicted octanol–water partition coefficient (Wildman–Crippen LogP) is 3.15. The van der Waals surface area contributed by atoms with Crippen LogP contribution in [0.2, 0.25) is 0 Å². The Balaban J connectivity index is 1.78. The van der Waals surface area contributed by atoms with E-state index in [-0.39, 0.29) is 12.1 Å². The summed E-state index contributed by atoms with van der Waals surface area (Å²) in [5, 5.41) is 14.2. The first-order chi connectivity index (χ1) is 9.29. The Morgan fingerprint density at radius 1 is 1.42 bits per heavy atom. The molecule has 1 aromatic rings. The number of fused-ring (bicyclic) bond motifs is 1. The van der Waals surface area contributed by atoms with Crippen molar-refractivity contribution in [3.8, 4) is 0 Å². The van der Waals surface area contributed by atoms with Crippen LogP contribution in [0.4, 0.5) is 0 Å². The summed E-state index contributed by atoms with van der Waals surface area (Å²) < 4.78 is 0. The lowest BCUT2D eigenvalue weighted by Crippen LogP contribution is -2.43. The van der Waals surface area contributed by atoms with Gasteiger partial charge >= 0.3 is 0 Å². The second-order valence-corrected chi connectivity index (χ2v) is 6.82. The summed E-state index contributed by atoms with van der Waals surface area (Å²) in [5.74, 6) is 1.84. The Morgan fingerprint density at radius 3 is 2.95 bits per heavy atom. The van der Waals surface area contributed by atoms with Crippen molar-refractivity contribution >= 4 is 11.8 Å². The molecule has 2 unspecified atom stereocenters. The standard InChI is InChI=1S/C16H23NOS/c1-2-17-15(12-4-3-5-12)16(18)13-7-6-11-8-9-19-14(11)10-13/h6-7,10,12,15-18H,2-5,8-9H2,1H3. The Labute approximate surface area is 120 Å². The summed E-state index contributed by atoms with van der Waals surface area (Å²) in [5.41, 5.74) is 2.54. The van der Waals surface area contributed by atoms with Crippen LogP contribution in [0.15, 0.2) is 23.1 Å². The molecular formula is C16H23NOS. The molecule has 1 saturated carbocycles. The lowest BCUT2D eigenvalue weighted by Gasteiger charge is -2.37. The van der Waals surface area contributed by atoms with Crippen LogP contribution in [0, 0.1) is 5.92 Å². The van der Waals surface area contributed by atoms with Gasteiger partial charge in [0.2, 0.25) is 0 Å². The third kappa shape index (κ3) is 2.69. The first-order valence-electron chi connectivity index (χ1n) is 7.46. The molecule has 104 valence electrons. The van der Waals surface area contributed by atoms with Crippen LogP contribution in [0.3, 0.4) is 0 Å². The Hall–Kier alpha value is -0.510. The molecule has 3 heteroatoms. The molecule has 2 atom stereocenters. The Kier molecular flexibility index (Phi) is 4.15. The Bertz CT molecular complexity index is 444. The molecule has 0 bridgehead atoms. The molecule has 1 aliphatic carbocycles. The fraction of sp³-hybridized carbons (Fsp3) is 0.625. The third-order valence-electron chi connectivity index (χ3n) is 4.50. The fourth-order valence-corrected chi connectivity index (χ4v) is 4.26. The maximum atomic E-state index is 10.7. The second kappa shape index (κ2) is 5.86. The smallest absolute Gasteiger partial charge is 0.0946 e. The number of benzene rings is 1. The molecule has 2 aliphatic rings. The van der Waals surface area contributed by atoms with Gasteiger partial charge in [-0.2, -0.15) is 0 Å². The number of likely N-dealkylation sites (N-methyl/N-ethyl adjacent to an activating group) is 1. The number of hydrogen-bond donors (Lipinski definition) is 2. The topological polar surface area (TPSA) is 32.3 Å². The van der Waals surface area contributed by atoms with Gasteiger partial charge in [-0.15, -0.1) is 11.8 Å². The lowest BCUT2D eigenvalue weighted by molar-refractivity contribution is 0.0701. The SMILES string of the molecule is CCNC(C1CCC1)C(O)c1ccc2c(c1)SCC2. The first kappa shape index (κ1) is 13.5. The number of rotatable bonds is 5. The van der Waals surface area contributed by atoms with Crippen LogP contribution in [0.5, 0.6) is 0 Å². The van der Waals surface area contributed by atoms with Gasteiger partial charge in [-0.25, -0.2) is 0 Å². The number of aryl methyl sites for hydroxylation is 1. The van der Waals surface area contributed by atoms with Crippen molar-refractivity contribution < 1.29 is 5.11 Å². The molecule has 0 aromatic heterocycles. The van der Waals surface area contributed by atoms with Crippen molar-refractivity contribution in [2.75, 3.05) is 12.3 Å². The van der Waals surface area contributed by atoms with E-state index >= 15 is 0 Å². The molecule has 0 saturated heterocycles. The number of hydrogen-bond acceptors (Lipinski definition) is 3. The normalized spacial score (nSPS) is 21.8. The van der Waals surface area contributed by atoms with Gasteiger partial charge in [0, 0.05) is 16.7 Å². The van der Waals surface area contributed by atoms with Crippen LogP contribution in [-0.2, 0) is 6.42 Å². The molecule has 0 radical (unpaired) electrons. The summed E-state index contributed by atoms with van der Waals surface area (Å²) in [6.45, 7) is 3.05. The van der Waals surface area contributed by atoms with Gasteiger partial charge in [-0.05, 0) is 48.9 Å². The van der Waals surface area contributed by atoms with E-state index in [0.29, 0.717) is 5.92 Å². The highest BCUT2D eigenvalue weighted by atomic mass is 32.2. The number of aliphatic hydroxyl groups is 1. The van der Waals surface area contributed by atoms with Crippen molar-refractivity contribution in [1.29, 1.82) is 0 Å². The van der Waals surface area contributed by atoms with Crippen LogP contribution in [-0.4, -0.2) is 23.4 Å². The monoisotopic (exact) mass is 277 g/mol. The maximum Gasteiger partial charge on any atom is 0.0946 e. The predicted molar refractivity (Wildman–Crippen MR) is 80.6 cm³/mol. The van der Waals surface area contributed by atoms with Crippen LogP contribution >= 0.6 is 11.8 Å². The molecule has 0 spiro atoms. The van der Waals surface area contributed by atoms with E-state index in [0.717, 1.165) is 12.1 Å². The van der Waals surface area contributed by atoms with Gasteiger partial charge in [0.15, 0.2) is 0 Å². The number of aliphatic hydroxyl groups excluding tert-OH is 1. The highest BCUT2D eigenvalue weighted by Gasteiger charge is 2.32. The zero-order valence-electron chi connectivity index (χ0n) is 11.6. The summed E-state index contributed by atoms with van der Waals surface area (Å²) in [6.07, 6.45) is 4.65. The van der Waals surface area contributed by atoms with Gasteiger partial charge in [0.05, 0.1) is 6.10 Å². The fourth-order valence-electron chi connectivity index (χ4n) is 3.15. The molecule has 1 aromatic carbocycles. The lowest BCUT2D eigenvalue weighted by atomic mass is 9.76. The van der Waals surface area contributed by atoms with Gasteiger partial charge in [0.25, 0.3) is 0 Å². The summed E-state index contributed by atoms with van der Waals surface area (Å²) in [7, 11) is 0. The first-order valence-corrected chi connectivity index (χ1v) is 8.45. The quantitative estimate of drug-likeness (QED) is 0.867. The second-order valence-electron chi connectivity index (χ2n) is 5.68. The minimum Gasteiger partial charge on any atom is -0.387 e. The zero-order chi connectivity index (χ0) is 13.2. The van der Waals surface area contributed by atoms with Crippen molar-refractivity contribution in [1.82, 2.24) is 5.32 Å². The number of nitrogens with one attached hydrogen (secondary N) is 1. The minimum atomic E-state index is -0.364. The molecule has 2 nitrogen and oxygen atoms in total. The average Bonchev–Trinajstić information content (AvgIpc) is 2.82. The van der Waals surface area contributed by atoms with E-state index in [1.807, 2.05) is 11.8 Å². The van der Waals surface area contributed by atoms with Gasteiger partial charge in [-0.1, -0.05) is 25.5 Å². The minimum absolute atomic E-state index is 0.225. The van der Waals surface area contributed by atoms with Crippen LogP contribution in [0.1, 0.15) is 43.4 Å². The highest BCUT2D eigenvalue weighted by molar-refractivity contribution is 7.99. The van der Waals surface area contributed by atoms with Gasteiger partial charge in [-0.3, -0.25) is 0 Å². The van der Waals surface area contributed by atoms with Gasteiger partial charge < -0.3 is 10.4 Å². The van der Waals surface area contributed by atoms with Crippen molar-refractivity contribution in [2.24, 2.45) is 5.92 Å². The largest absolute Gasteiger partial charge is 0.387 e. The van der Waals surface area contributed by atoms with E-state index in [1.54, 1.807) is 0 Å². The van der Waals surface area contributed by atoms with E-state index in [4.69, 9.17) is 0 Å². The molecule has 0 amide bonds. The van der Waals surface area contributed by atoms with Crippen molar-refractivity contribution in [2.45, 2.75) is 49.6 Å². The van der Waals surface area contributed by atoms with Crippen LogP contribution in [0.25, 0.3) is 0 Å². The zero-order valence-corrected chi connectivity index (χ0v) is 12.4. The molecule has 1 heterocycles. The highest BCUT2D eigenvalue weighted by Crippen LogP contribution is 2.38. The molecule has 19 heavy (non-hydrogen) atoms. The summed E-state index contributed by atoms with van der Waals surface area (Å²) in [6, 6.07) is 6.76. The van der Waals surface area contributed by atoms with E-state index in [1.165, 1.54) is 41.9 Å². The molecule has 1 aliphatic heterocycles. The Morgan fingerprint density at radius 2 is 2.26 bits per heavy atom. The average molecular weight is 277 g/mol. The molecule has 1 fully saturated rings.